The molecule has 0 bridgehead atoms. The predicted molar refractivity (Wildman–Crippen MR) is 81.9 cm³/mol. The number of aryl methyl sites for hydroxylation is 2. The molecule has 0 spiro atoms. The van der Waals surface area contributed by atoms with Gasteiger partial charge in [-0.25, -0.2) is 0 Å². The molecule has 0 saturated carbocycles. The van der Waals surface area contributed by atoms with Crippen LogP contribution in [0.15, 0.2) is 48.7 Å². The molecule has 3 nitrogen and oxygen atoms in total. The van der Waals surface area contributed by atoms with E-state index in [1.165, 1.54) is 0 Å². The molecule has 0 unspecified atom stereocenters. The Morgan fingerprint density at radius 1 is 1.10 bits per heavy atom. The highest BCUT2D eigenvalue weighted by atomic mass is 16.1. The van der Waals surface area contributed by atoms with Crippen LogP contribution in [-0.2, 0) is 7.05 Å². The first-order valence-electron chi connectivity index (χ1n) is 6.53. The Bertz CT molecular complexity index is 815. The highest BCUT2D eigenvalue weighted by molar-refractivity contribution is 6.17. The molecular formula is C17H16N2O. The van der Waals surface area contributed by atoms with Gasteiger partial charge in [0, 0.05) is 41.0 Å². The molecule has 0 radical (unpaired) electrons. The summed E-state index contributed by atoms with van der Waals surface area (Å²) >= 11 is 0. The van der Waals surface area contributed by atoms with Gasteiger partial charge in [-0.15, -0.1) is 0 Å². The number of ketones is 1. The minimum Gasteiger partial charge on any atom is -0.399 e. The van der Waals surface area contributed by atoms with Crippen LogP contribution in [0.3, 0.4) is 0 Å². The average molecular weight is 264 g/mol. The third kappa shape index (κ3) is 1.88. The van der Waals surface area contributed by atoms with Crippen LogP contribution in [0.2, 0.25) is 0 Å². The minimum atomic E-state index is 0.0410. The second-order valence-corrected chi connectivity index (χ2v) is 5.07. The molecule has 1 heterocycles. The predicted octanol–water partition coefficient (Wildman–Crippen LogP) is 3.30. The van der Waals surface area contributed by atoms with Gasteiger partial charge in [-0.1, -0.05) is 18.2 Å². The molecule has 2 N–H and O–H groups in total. The van der Waals surface area contributed by atoms with Crippen molar-refractivity contribution < 1.29 is 4.79 Å². The number of anilines is 1. The van der Waals surface area contributed by atoms with Crippen LogP contribution in [0.1, 0.15) is 21.5 Å². The molecule has 3 aromatic rings. The number of aromatic nitrogens is 1. The van der Waals surface area contributed by atoms with Gasteiger partial charge in [-0.3, -0.25) is 4.79 Å². The first-order chi connectivity index (χ1) is 9.58. The van der Waals surface area contributed by atoms with Crippen LogP contribution in [0.4, 0.5) is 5.69 Å². The van der Waals surface area contributed by atoms with E-state index in [4.69, 9.17) is 5.73 Å². The Kier molecular flexibility index (Phi) is 2.83. The molecule has 20 heavy (non-hydrogen) atoms. The molecule has 3 heteroatoms. The second-order valence-electron chi connectivity index (χ2n) is 5.07. The number of hydrogen-bond acceptors (Lipinski definition) is 2. The summed E-state index contributed by atoms with van der Waals surface area (Å²) in [7, 11) is 1.95. The van der Waals surface area contributed by atoms with Crippen molar-refractivity contribution in [2.24, 2.45) is 7.05 Å². The Morgan fingerprint density at radius 3 is 2.60 bits per heavy atom. The lowest BCUT2D eigenvalue weighted by atomic mass is 9.98. The summed E-state index contributed by atoms with van der Waals surface area (Å²) in [6, 6.07) is 13.3. The molecule has 0 aliphatic rings. The maximum absolute atomic E-state index is 12.8. The van der Waals surface area contributed by atoms with E-state index in [2.05, 4.69) is 0 Å². The minimum absolute atomic E-state index is 0.0410. The van der Waals surface area contributed by atoms with Gasteiger partial charge in [-0.05, 0) is 36.8 Å². The van der Waals surface area contributed by atoms with E-state index >= 15 is 0 Å². The maximum Gasteiger partial charge on any atom is 0.195 e. The number of benzene rings is 2. The average Bonchev–Trinajstić information content (AvgIpc) is 2.76. The zero-order valence-electron chi connectivity index (χ0n) is 11.6. The largest absolute Gasteiger partial charge is 0.399 e. The molecule has 2 aromatic carbocycles. The van der Waals surface area contributed by atoms with Crippen LogP contribution in [-0.4, -0.2) is 10.4 Å². The van der Waals surface area contributed by atoms with E-state index in [0.29, 0.717) is 11.3 Å². The van der Waals surface area contributed by atoms with Gasteiger partial charge >= 0.3 is 0 Å². The fourth-order valence-electron chi connectivity index (χ4n) is 2.61. The number of para-hydroxylation sites is 1. The lowest BCUT2D eigenvalue weighted by Crippen LogP contribution is -2.03. The lowest BCUT2D eigenvalue weighted by molar-refractivity contribution is 0.103. The third-order valence-corrected chi connectivity index (χ3v) is 3.64. The van der Waals surface area contributed by atoms with E-state index < -0.39 is 0 Å². The fourth-order valence-corrected chi connectivity index (χ4v) is 2.61. The van der Waals surface area contributed by atoms with Crippen molar-refractivity contribution in [3.63, 3.8) is 0 Å². The van der Waals surface area contributed by atoms with Crippen LogP contribution >= 0.6 is 0 Å². The zero-order valence-corrected chi connectivity index (χ0v) is 11.6. The molecule has 0 amide bonds. The number of carbonyl (C=O) groups excluding carboxylic acids is 1. The zero-order chi connectivity index (χ0) is 14.3. The fraction of sp³-hybridized carbons (Fsp3) is 0.118. The molecule has 0 aliphatic carbocycles. The van der Waals surface area contributed by atoms with Crippen molar-refractivity contribution in [1.29, 1.82) is 0 Å². The Labute approximate surface area is 117 Å². The van der Waals surface area contributed by atoms with Crippen LogP contribution in [0, 0.1) is 6.92 Å². The molecule has 0 aliphatic heterocycles. The van der Waals surface area contributed by atoms with Gasteiger partial charge in [0.05, 0.1) is 0 Å². The number of nitrogens with zero attached hydrogens (tertiary/aromatic N) is 1. The van der Waals surface area contributed by atoms with E-state index in [1.807, 2.05) is 55.1 Å². The summed E-state index contributed by atoms with van der Waals surface area (Å²) in [6.07, 6.45) is 1.89. The summed E-state index contributed by atoms with van der Waals surface area (Å²) in [4.78, 5) is 12.8. The van der Waals surface area contributed by atoms with E-state index in [0.717, 1.165) is 22.0 Å². The quantitative estimate of drug-likeness (QED) is 0.570. The molecule has 100 valence electrons. The summed E-state index contributed by atoms with van der Waals surface area (Å²) in [6.45, 7) is 1.91. The van der Waals surface area contributed by atoms with Crippen molar-refractivity contribution in [2.45, 2.75) is 6.92 Å². The number of nitrogen functional groups attached to an aromatic ring is 1. The summed E-state index contributed by atoms with van der Waals surface area (Å²) < 4.78 is 1.98. The number of nitrogens with two attached hydrogens (primary N) is 1. The monoisotopic (exact) mass is 264 g/mol. The van der Waals surface area contributed by atoms with Crippen molar-refractivity contribution in [3.8, 4) is 0 Å². The number of carbonyl (C=O) groups is 1. The van der Waals surface area contributed by atoms with Gasteiger partial charge in [0.25, 0.3) is 0 Å². The van der Waals surface area contributed by atoms with E-state index in [1.54, 1.807) is 12.1 Å². The van der Waals surface area contributed by atoms with Crippen molar-refractivity contribution in [2.75, 3.05) is 5.73 Å². The second kappa shape index (κ2) is 4.53. The molecule has 0 fully saturated rings. The summed E-state index contributed by atoms with van der Waals surface area (Å²) in [5.74, 6) is 0.0410. The number of fused-ring (bicyclic) bond motifs is 1. The maximum atomic E-state index is 12.8. The van der Waals surface area contributed by atoms with Crippen LogP contribution in [0.25, 0.3) is 10.9 Å². The van der Waals surface area contributed by atoms with Crippen molar-refractivity contribution in [1.82, 2.24) is 4.57 Å². The normalized spacial score (nSPS) is 10.9. The highest BCUT2D eigenvalue weighted by Gasteiger charge is 2.17. The van der Waals surface area contributed by atoms with Gasteiger partial charge in [0.15, 0.2) is 5.78 Å². The lowest BCUT2D eigenvalue weighted by Gasteiger charge is -2.05. The molecule has 1 aromatic heterocycles. The number of hydrogen-bond donors (Lipinski definition) is 1. The Morgan fingerprint density at radius 2 is 1.85 bits per heavy atom. The van der Waals surface area contributed by atoms with Gasteiger partial charge in [0.1, 0.15) is 0 Å². The summed E-state index contributed by atoms with van der Waals surface area (Å²) in [5.41, 5.74) is 9.82. The van der Waals surface area contributed by atoms with Gasteiger partial charge < -0.3 is 10.3 Å². The van der Waals surface area contributed by atoms with Crippen molar-refractivity contribution >= 4 is 22.4 Å². The van der Waals surface area contributed by atoms with Gasteiger partial charge in [-0.2, -0.15) is 0 Å². The Hall–Kier alpha value is -2.55. The highest BCUT2D eigenvalue weighted by Crippen LogP contribution is 2.24. The SMILES string of the molecule is Cc1cc(N)ccc1C(=O)c1cn(C)c2ccccc12. The van der Waals surface area contributed by atoms with Crippen molar-refractivity contribution in [3.05, 3.63) is 65.4 Å². The van der Waals surface area contributed by atoms with E-state index in [9.17, 15) is 4.79 Å². The molecule has 3 rings (SSSR count). The van der Waals surface area contributed by atoms with E-state index in [-0.39, 0.29) is 5.78 Å². The van der Waals surface area contributed by atoms with Crippen LogP contribution < -0.4 is 5.73 Å². The molecular weight excluding hydrogens is 248 g/mol. The standard InChI is InChI=1S/C17H16N2O/c1-11-9-12(18)7-8-13(11)17(20)15-10-19(2)16-6-4-3-5-14(15)16/h3-10H,18H2,1-2H3. The first-order valence-corrected chi connectivity index (χ1v) is 6.53. The topological polar surface area (TPSA) is 48.0 Å². The smallest absolute Gasteiger partial charge is 0.195 e. The van der Waals surface area contributed by atoms with Crippen LogP contribution in [0.5, 0.6) is 0 Å². The number of rotatable bonds is 2. The summed E-state index contributed by atoms with van der Waals surface area (Å²) in [5, 5.41) is 0.983. The molecule has 0 atom stereocenters. The van der Waals surface area contributed by atoms with Gasteiger partial charge in [0.2, 0.25) is 0 Å². The first kappa shape index (κ1) is 12.5. The molecule has 0 saturated heterocycles. The Balaban J connectivity index is 2.18. The third-order valence-electron chi connectivity index (χ3n) is 3.64.